The van der Waals surface area contributed by atoms with Gasteiger partial charge in [0.25, 0.3) is 5.91 Å². The van der Waals surface area contributed by atoms with Gasteiger partial charge in [0.05, 0.1) is 10.2 Å². The van der Waals surface area contributed by atoms with Gasteiger partial charge in [0.1, 0.15) is 19.8 Å². The second-order valence-electron chi connectivity index (χ2n) is 7.80. The second kappa shape index (κ2) is 10.1. The van der Waals surface area contributed by atoms with Crippen LogP contribution in [0.3, 0.4) is 0 Å². The van der Waals surface area contributed by atoms with Gasteiger partial charge < -0.3 is 20.5 Å². The number of carbonyl (C=O) groups excluding carboxylic acids is 2. The first-order valence-electron chi connectivity index (χ1n) is 11.1. The Balaban J connectivity index is 1.49. The van der Waals surface area contributed by atoms with E-state index in [2.05, 4.69) is 15.3 Å². The van der Waals surface area contributed by atoms with Crippen molar-refractivity contribution in [3.05, 3.63) is 66.5 Å². The van der Waals surface area contributed by atoms with Gasteiger partial charge in [-0.2, -0.15) is 0 Å². The highest BCUT2D eigenvalue weighted by atomic mass is 32.1. The Labute approximate surface area is 205 Å². The fourth-order valence-corrected chi connectivity index (χ4v) is 4.72. The van der Waals surface area contributed by atoms with E-state index in [1.807, 2.05) is 30.3 Å². The summed E-state index contributed by atoms with van der Waals surface area (Å²) < 4.78 is 12.1. The van der Waals surface area contributed by atoms with Crippen LogP contribution in [0.25, 0.3) is 21.3 Å². The summed E-state index contributed by atoms with van der Waals surface area (Å²) in [5.74, 6) is 0.404. The number of nitrogens with zero attached hydrogens (tertiary/aromatic N) is 3. The van der Waals surface area contributed by atoms with E-state index in [0.717, 1.165) is 21.3 Å². The predicted octanol–water partition coefficient (Wildman–Crippen LogP) is 2.85. The van der Waals surface area contributed by atoms with Crippen LogP contribution in [-0.4, -0.2) is 54.6 Å². The average Bonchev–Trinajstić information content (AvgIpc) is 3.33. The molecule has 4 aromatic rings. The maximum Gasteiger partial charge on any atom is 0.260 e. The Bertz CT molecular complexity index is 1380. The van der Waals surface area contributed by atoms with Crippen LogP contribution >= 0.6 is 11.3 Å². The van der Waals surface area contributed by atoms with Crippen molar-refractivity contribution in [3.63, 3.8) is 0 Å². The van der Waals surface area contributed by atoms with Crippen LogP contribution in [0, 0.1) is 0 Å². The largest absolute Gasteiger partial charge is 0.486 e. The molecule has 2 amide bonds. The van der Waals surface area contributed by atoms with Crippen molar-refractivity contribution in [2.45, 2.75) is 0 Å². The zero-order chi connectivity index (χ0) is 24.2. The molecule has 10 heteroatoms. The van der Waals surface area contributed by atoms with Crippen LogP contribution in [0.15, 0.2) is 60.9 Å². The number of amides is 2. The molecule has 0 atom stereocenters. The highest BCUT2D eigenvalue weighted by Crippen LogP contribution is 2.35. The van der Waals surface area contributed by atoms with Gasteiger partial charge >= 0.3 is 0 Å². The Morgan fingerprint density at radius 1 is 1.00 bits per heavy atom. The van der Waals surface area contributed by atoms with Crippen molar-refractivity contribution < 1.29 is 19.1 Å². The van der Waals surface area contributed by atoms with Gasteiger partial charge in [0.15, 0.2) is 16.6 Å². The lowest BCUT2D eigenvalue weighted by Gasteiger charge is -2.22. The number of hydrogen-bond donors (Lipinski definition) is 2. The van der Waals surface area contributed by atoms with Crippen LogP contribution in [0.5, 0.6) is 11.5 Å². The number of hydrogen-bond acceptors (Lipinski definition) is 8. The van der Waals surface area contributed by atoms with Crippen LogP contribution in [0.4, 0.5) is 5.13 Å². The minimum atomic E-state index is -0.363. The van der Waals surface area contributed by atoms with Crippen molar-refractivity contribution >= 4 is 38.5 Å². The van der Waals surface area contributed by atoms with E-state index in [4.69, 9.17) is 15.2 Å². The average molecular weight is 490 g/mol. The molecule has 35 heavy (non-hydrogen) atoms. The lowest BCUT2D eigenvalue weighted by atomic mass is 10.1. The van der Waals surface area contributed by atoms with Gasteiger partial charge in [-0.15, -0.1) is 0 Å². The second-order valence-corrected chi connectivity index (χ2v) is 8.81. The van der Waals surface area contributed by atoms with Crippen LogP contribution < -0.4 is 25.4 Å². The topological polar surface area (TPSA) is 120 Å². The van der Waals surface area contributed by atoms with Crippen LogP contribution in [0.1, 0.15) is 10.4 Å². The van der Waals surface area contributed by atoms with Gasteiger partial charge in [-0.25, -0.2) is 4.98 Å². The molecule has 2 aromatic heterocycles. The number of fused-ring (bicyclic) bond motifs is 2. The fraction of sp³-hybridized carbons (Fsp3) is 0.200. The normalized spacial score (nSPS) is 12.4. The van der Waals surface area contributed by atoms with E-state index in [1.54, 1.807) is 30.6 Å². The number of pyridine rings is 1. The molecule has 0 unspecified atom stereocenters. The number of anilines is 1. The number of aromatic nitrogens is 2. The highest BCUT2D eigenvalue weighted by molar-refractivity contribution is 7.22. The third-order valence-corrected chi connectivity index (χ3v) is 6.47. The Morgan fingerprint density at radius 3 is 2.60 bits per heavy atom. The van der Waals surface area contributed by atoms with E-state index in [0.29, 0.717) is 48.5 Å². The van der Waals surface area contributed by atoms with E-state index in [1.165, 1.54) is 16.2 Å². The third-order valence-electron chi connectivity index (χ3n) is 5.42. The summed E-state index contributed by atoms with van der Waals surface area (Å²) in [5.41, 5.74) is 8.67. The Morgan fingerprint density at radius 2 is 1.80 bits per heavy atom. The molecule has 178 valence electrons. The number of carbonyl (C=O) groups is 2. The van der Waals surface area contributed by atoms with Gasteiger partial charge in [0.2, 0.25) is 5.91 Å². The highest BCUT2D eigenvalue weighted by Gasteiger charge is 2.25. The predicted molar refractivity (Wildman–Crippen MR) is 134 cm³/mol. The first-order valence-corrected chi connectivity index (χ1v) is 11.9. The van der Waals surface area contributed by atoms with Crippen LogP contribution in [0.2, 0.25) is 0 Å². The zero-order valence-electron chi connectivity index (χ0n) is 18.8. The lowest BCUT2D eigenvalue weighted by Crippen LogP contribution is -2.42. The molecule has 0 spiro atoms. The zero-order valence-corrected chi connectivity index (χ0v) is 19.6. The van der Waals surface area contributed by atoms with E-state index >= 15 is 0 Å². The summed E-state index contributed by atoms with van der Waals surface area (Å²) in [7, 11) is 0. The number of benzene rings is 2. The third kappa shape index (κ3) is 4.93. The van der Waals surface area contributed by atoms with E-state index in [-0.39, 0.29) is 18.4 Å². The first kappa shape index (κ1) is 22.8. The molecule has 3 heterocycles. The molecular weight excluding hydrogens is 466 g/mol. The quantitative estimate of drug-likeness (QED) is 0.410. The molecule has 2 aromatic carbocycles. The molecule has 0 fully saturated rings. The van der Waals surface area contributed by atoms with Crippen molar-refractivity contribution in [1.82, 2.24) is 15.3 Å². The molecule has 1 aliphatic rings. The molecule has 0 radical (unpaired) electrons. The van der Waals surface area contributed by atoms with Crippen molar-refractivity contribution in [2.24, 2.45) is 5.73 Å². The summed E-state index contributed by atoms with van der Waals surface area (Å²) >= 11 is 1.35. The molecule has 0 saturated carbocycles. The maximum atomic E-state index is 13.6. The van der Waals surface area contributed by atoms with E-state index < -0.39 is 0 Å². The molecular formula is C25H23N5O4S. The summed E-state index contributed by atoms with van der Waals surface area (Å²) in [6.07, 6.45) is 3.48. The molecule has 0 bridgehead atoms. The summed E-state index contributed by atoms with van der Waals surface area (Å²) in [4.78, 5) is 36.3. The van der Waals surface area contributed by atoms with E-state index in [9.17, 15) is 9.59 Å². The molecule has 3 N–H and O–H groups in total. The van der Waals surface area contributed by atoms with Gasteiger partial charge in [-0.05, 0) is 53.6 Å². The molecule has 1 aliphatic heterocycles. The van der Waals surface area contributed by atoms with Crippen molar-refractivity contribution in [2.75, 3.05) is 37.7 Å². The summed E-state index contributed by atoms with van der Waals surface area (Å²) in [6, 6.07) is 14.8. The minimum absolute atomic E-state index is 0.190. The molecule has 5 rings (SSSR count). The fourth-order valence-electron chi connectivity index (χ4n) is 3.72. The number of rotatable bonds is 7. The Kier molecular flexibility index (Phi) is 6.55. The number of nitrogens with one attached hydrogen (secondary N) is 1. The molecule has 0 aliphatic carbocycles. The minimum Gasteiger partial charge on any atom is -0.486 e. The van der Waals surface area contributed by atoms with Gasteiger partial charge in [-0.3, -0.25) is 19.5 Å². The van der Waals surface area contributed by atoms with Gasteiger partial charge in [0, 0.05) is 31.0 Å². The first-order chi connectivity index (χ1) is 17.1. The standard InChI is InChI=1S/C25H23N5O4S/c26-7-10-28-23(31)15-30(24(32)18-2-4-20-21(13-18)34-12-11-33-20)25-29-19-3-1-17(14-22(19)35-25)16-5-8-27-9-6-16/h1-6,8-9,13-14H,7,10-12,15,26H2,(H,28,31). The molecule has 9 nitrogen and oxygen atoms in total. The van der Waals surface area contributed by atoms with Gasteiger partial charge in [-0.1, -0.05) is 17.4 Å². The lowest BCUT2D eigenvalue weighted by molar-refractivity contribution is -0.119. The van der Waals surface area contributed by atoms with Crippen molar-refractivity contribution in [1.29, 1.82) is 0 Å². The number of ether oxygens (including phenoxy) is 2. The SMILES string of the molecule is NCCNC(=O)CN(C(=O)c1ccc2c(c1)OCCO2)c1nc2ccc(-c3ccncc3)cc2s1. The number of thiazole rings is 1. The smallest absolute Gasteiger partial charge is 0.260 e. The maximum absolute atomic E-state index is 13.6. The van der Waals surface area contributed by atoms with Crippen molar-refractivity contribution in [3.8, 4) is 22.6 Å². The summed E-state index contributed by atoms with van der Waals surface area (Å²) in [6.45, 7) is 1.31. The number of nitrogens with two attached hydrogens (primary N) is 1. The Hall–Kier alpha value is -4.02. The monoisotopic (exact) mass is 489 g/mol. The van der Waals surface area contributed by atoms with Crippen LogP contribution in [-0.2, 0) is 4.79 Å². The summed E-state index contributed by atoms with van der Waals surface area (Å²) in [5, 5.41) is 3.15. The molecule has 0 saturated heterocycles.